The van der Waals surface area contributed by atoms with Gasteiger partial charge < -0.3 is 10.2 Å². The highest BCUT2D eigenvalue weighted by Gasteiger charge is 2.29. The maximum atomic E-state index is 13.4. The Hall–Kier alpha value is -2.57. The fraction of sp³-hybridized carbons (Fsp3) is 0.200. The van der Waals surface area contributed by atoms with Crippen LogP contribution in [0.5, 0.6) is 0 Å². The van der Waals surface area contributed by atoms with Crippen molar-refractivity contribution in [1.82, 2.24) is 10.2 Å². The van der Waals surface area contributed by atoms with Crippen molar-refractivity contribution >= 4 is 39.5 Å². The zero-order chi connectivity index (χ0) is 22.1. The standard InChI is InChI=1S/C25H25BrN2O2S/c1-27-25(30)23(16-19-9-4-2-5-10-19)28(17-20-11-8-12-21(26)15-20)24(29)18-31-22-13-6-3-7-14-22/h2-15,23H,16-18H2,1H3,(H,27,30)/t23-/m0/s1. The predicted molar refractivity (Wildman–Crippen MR) is 130 cm³/mol. The molecule has 1 atom stereocenters. The highest BCUT2D eigenvalue weighted by atomic mass is 79.9. The summed E-state index contributed by atoms with van der Waals surface area (Å²) in [5.74, 6) is 0.0237. The van der Waals surface area contributed by atoms with Crippen LogP contribution in [0.4, 0.5) is 0 Å². The van der Waals surface area contributed by atoms with Crippen molar-refractivity contribution in [1.29, 1.82) is 0 Å². The molecule has 3 aromatic carbocycles. The molecule has 31 heavy (non-hydrogen) atoms. The van der Waals surface area contributed by atoms with E-state index < -0.39 is 6.04 Å². The molecule has 4 nitrogen and oxygen atoms in total. The molecule has 3 aromatic rings. The van der Waals surface area contributed by atoms with Gasteiger partial charge in [0.25, 0.3) is 0 Å². The molecule has 0 radical (unpaired) electrons. The zero-order valence-electron chi connectivity index (χ0n) is 17.3. The summed E-state index contributed by atoms with van der Waals surface area (Å²) in [7, 11) is 1.61. The largest absolute Gasteiger partial charge is 0.357 e. The van der Waals surface area contributed by atoms with Gasteiger partial charge in [-0.1, -0.05) is 76.6 Å². The van der Waals surface area contributed by atoms with Crippen LogP contribution in [0.15, 0.2) is 94.3 Å². The number of benzene rings is 3. The van der Waals surface area contributed by atoms with Gasteiger partial charge in [-0.15, -0.1) is 11.8 Å². The Labute approximate surface area is 196 Å². The van der Waals surface area contributed by atoms with Gasteiger partial charge >= 0.3 is 0 Å². The van der Waals surface area contributed by atoms with E-state index in [-0.39, 0.29) is 17.6 Å². The Kier molecular flexibility index (Phi) is 8.74. The highest BCUT2D eigenvalue weighted by Crippen LogP contribution is 2.21. The number of rotatable bonds is 9. The van der Waals surface area contributed by atoms with E-state index in [0.717, 1.165) is 20.5 Å². The Morgan fingerprint density at radius 1 is 0.935 bits per heavy atom. The van der Waals surface area contributed by atoms with E-state index in [1.807, 2.05) is 84.9 Å². The van der Waals surface area contributed by atoms with E-state index in [1.165, 1.54) is 11.8 Å². The second-order valence-corrected chi connectivity index (χ2v) is 9.04. The predicted octanol–water partition coefficient (Wildman–Crippen LogP) is 4.93. The van der Waals surface area contributed by atoms with Gasteiger partial charge in [0.15, 0.2) is 0 Å². The van der Waals surface area contributed by atoms with Gasteiger partial charge in [-0.05, 0) is 35.4 Å². The molecule has 2 amide bonds. The lowest BCUT2D eigenvalue weighted by atomic mass is 10.0. The third-order valence-electron chi connectivity index (χ3n) is 4.86. The molecule has 0 saturated heterocycles. The molecular weight excluding hydrogens is 472 g/mol. The first kappa shape index (κ1) is 23.1. The lowest BCUT2D eigenvalue weighted by Crippen LogP contribution is -2.50. The second kappa shape index (κ2) is 11.7. The van der Waals surface area contributed by atoms with E-state index in [9.17, 15) is 9.59 Å². The number of carbonyl (C=O) groups is 2. The molecule has 0 fully saturated rings. The van der Waals surface area contributed by atoms with E-state index in [2.05, 4.69) is 21.2 Å². The van der Waals surface area contributed by atoms with E-state index >= 15 is 0 Å². The maximum absolute atomic E-state index is 13.4. The Morgan fingerprint density at radius 3 is 2.23 bits per heavy atom. The number of hydrogen-bond donors (Lipinski definition) is 1. The summed E-state index contributed by atoms with van der Waals surface area (Å²) in [6.45, 7) is 0.360. The van der Waals surface area contributed by atoms with Crippen molar-refractivity contribution in [3.63, 3.8) is 0 Å². The van der Waals surface area contributed by atoms with Crippen molar-refractivity contribution in [2.75, 3.05) is 12.8 Å². The quantitative estimate of drug-likeness (QED) is 0.427. The summed E-state index contributed by atoms with van der Waals surface area (Å²) in [4.78, 5) is 29.0. The summed E-state index contributed by atoms with van der Waals surface area (Å²) >= 11 is 4.98. The number of thioether (sulfide) groups is 1. The molecule has 0 heterocycles. The first-order chi connectivity index (χ1) is 15.1. The fourth-order valence-corrected chi connectivity index (χ4v) is 4.55. The van der Waals surface area contributed by atoms with Gasteiger partial charge in [-0.2, -0.15) is 0 Å². The summed E-state index contributed by atoms with van der Waals surface area (Å²) in [5, 5.41) is 2.74. The SMILES string of the molecule is CNC(=O)[C@H](Cc1ccccc1)N(Cc1cccc(Br)c1)C(=O)CSc1ccccc1. The highest BCUT2D eigenvalue weighted by molar-refractivity contribution is 9.10. The number of nitrogens with one attached hydrogen (secondary N) is 1. The van der Waals surface area contributed by atoms with Gasteiger partial charge in [0.05, 0.1) is 5.75 Å². The zero-order valence-corrected chi connectivity index (χ0v) is 19.7. The average molecular weight is 497 g/mol. The number of nitrogens with zero attached hydrogens (tertiary/aromatic N) is 1. The molecule has 6 heteroatoms. The molecule has 0 bridgehead atoms. The number of hydrogen-bond acceptors (Lipinski definition) is 3. The molecule has 3 rings (SSSR count). The number of amides is 2. The lowest BCUT2D eigenvalue weighted by Gasteiger charge is -2.31. The second-order valence-electron chi connectivity index (χ2n) is 7.07. The Bertz CT molecular complexity index is 999. The third kappa shape index (κ3) is 6.97. The van der Waals surface area contributed by atoms with Crippen LogP contribution in [0.3, 0.4) is 0 Å². The van der Waals surface area contributed by atoms with E-state index in [0.29, 0.717) is 13.0 Å². The van der Waals surface area contributed by atoms with Crippen molar-refractivity contribution in [2.45, 2.75) is 23.9 Å². The van der Waals surface area contributed by atoms with Crippen molar-refractivity contribution in [3.05, 3.63) is 101 Å². The van der Waals surface area contributed by atoms with Crippen LogP contribution in [0.25, 0.3) is 0 Å². The summed E-state index contributed by atoms with van der Waals surface area (Å²) < 4.78 is 0.940. The van der Waals surface area contributed by atoms with Crippen LogP contribution in [-0.4, -0.2) is 35.6 Å². The summed E-state index contributed by atoms with van der Waals surface area (Å²) in [6, 6.07) is 26.9. The number of carbonyl (C=O) groups excluding carboxylic acids is 2. The summed E-state index contributed by atoms with van der Waals surface area (Å²) in [6.07, 6.45) is 0.455. The molecule has 0 aliphatic heterocycles. The first-order valence-corrected chi connectivity index (χ1v) is 11.8. The van der Waals surface area contributed by atoms with Gasteiger partial charge in [-0.25, -0.2) is 0 Å². The van der Waals surface area contributed by atoms with Crippen LogP contribution in [0, 0.1) is 0 Å². The first-order valence-electron chi connectivity index (χ1n) is 10.0. The molecular formula is C25H25BrN2O2S. The normalized spacial score (nSPS) is 11.5. The molecule has 0 aliphatic carbocycles. The smallest absolute Gasteiger partial charge is 0.242 e. The average Bonchev–Trinajstić information content (AvgIpc) is 2.80. The van der Waals surface area contributed by atoms with Crippen LogP contribution < -0.4 is 5.32 Å². The Morgan fingerprint density at radius 2 is 1.58 bits per heavy atom. The monoisotopic (exact) mass is 496 g/mol. The number of likely N-dealkylation sites (N-methyl/N-ethyl adjacent to an activating group) is 1. The van der Waals surface area contributed by atoms with Gasteiger partial charge in [0, 0.05) is 29.4 Å². The van der Waals surface area contributed by atoms with Crippen LogP contribution in [-0.2, 0) is 22.6 Å². The molecule has 0 aromatic heterocycles. The minimum atomic E-state index is -0.602. The third-order valence-corrected chi connectivity index (χ3v) is 6.35. The number of halogens is 1. The van der Waals surface area contributed by atoms with Crippen LogP contribution in [0.1, 0.15) is 11.1 Å². The van der Waals surface area contributed by atoms with Gasteiger partial charge in [0.2, 0.25) is 11.8 Å². The van der Waals surface area contributed by atoms with Crippen LogP contribution in [0.2, 0.25) is 0 Å². The van der Waals surface area contributed by atoms with Gasteiger partial charge in [0.1, 0.15) is 6.04 Å². The van der Waals surface area contributed by atoms with Crippen molar-refractivity contribution in [3.8, 4) is 0 Å². The Balaban J connectivity index is 1.87. The minimum absolute atomic E-state index is 0.0710. The summed E-state index contributed by atoms with van der Waals surface area (Å²) in [5.41, 5.74) is 1.98. The molecule has 0 aliphatic rings. The topological polar surface area (TPSA) is 49.4 Å². The minimum Gasteiger partial charge on any atom is -0.357 e. The van der Waals surface area contributed by atoms with Crippen LogP contribution >= 0.6 is 27.7 Å². The van der Waals surface area contributed by atoms with Gasteiger partial charge in [-0.3, -0.25) is 9.59 Å². The maximum Gasteiger partial charge on any atom is 0.242 e. The van der Waals surface area contributed by atoms with Crippen molar-refractivity contribution in [2.24, 2.45) is 0 Å². The molecule has 0 saturated carbocycles. The molecule has 0 spiro atoms. The fourth-order valence-electron chi connectivity index (χ4n) is 3.30. The van der Waals surface area contributed by atoms with Crippen molar-refractivity contribution < 1.29 is 9.59 Å². The lowest BCUT2D eigenvalue weighted by molar-refractivity contribution is -0.139. The van der Waals surface area contributed by atoms with E-state index in [4.69, 9.17) is 0 Å². The van der Waals surface area contributed by atoms with E-state index in [1.54, 1.807) is 11.9 Å². The molecule has 160 valence electrons. The molecule has 1 N–H and O–H groups in total. The molecule has 0 unspecified atom stereocenters.